The minimum absolute atomic E-state index is 0.170. The third-order valence-corrected chi connectivity index (χ3v) is 2.57. The van der Waals surface area contributed by atoms with Crippen molar-refractivity contribution in [3.05, 3.63) is 29.8 Å². The van der Waals surface area contributed by atoms with E-state index < -0.39 is 6.10 Å². The Balaban J connectivity index is 2.81. The minimum atomic E-state index is -0.601. The lowest BCUT2D eigenvalue weighted by molar-refractivity contribution is -0.0149. The molecule has 0 spiro atoms. The Labute approximate surface area is 97.0 Å². The van der Waals surface area contributed by atoms with Gasteiger partial charge >= 0.3 is 0 Å². The van der Waals surface area contributed by atoms with Crippen molar-refractivity contribution in [2.24, 2.45) is 0 Å². The highest BCUT2D eigenvalue weighted by atomic mass is 16.5. The van der Waals surface area contributed by atoms with Crippen LogP contribution in [-0.4, -0.2) is 24.9 Å². The van der Waals surface area contributed by atoms with Gasteiger partial charge in [-0.15, -0.1) is 0 Å². The van der Waals surface area contributed by atoms with Crippen LogP contribution in [0.4, 0.5) is 0 Å². The second kappa shape index (κ2) is 6.51. The second-order valence-corrected chi connectivity index (χ2v) is 3.63. The highest BCUT2D eigenvalue weighted by molar-refractivity contribution is 5.30. The lowest BCUT2D eigenvalue weighted by Gasteiger charge is -2.20. The molecule has 0 amide bonds. The summed E-state index contributed by atoms with van der Waals surface area (Å²) in [6.45, 7) is 4.55. The molecule has 3 nitrogen and oxygen atoms in total. The third kappa shape index (κ3) is 3.22. The van der Waals surface area contributed by atoms with Crippen LogP contribution in [0.2, 0.25) is 0 Å². The first-order valence-corrected chi connectivity index (χ1v) is 5.66. The Morgan fingerprint density at radius 2 is 2.06 bits per heavy atom. The summed E-state index contributed by atoms with van der Waals surface area (Å²) in [6.07, 6.45) is 0.00330. The molecule has 0 aliphatic carbocycles. The number of aliphatic hydroxyl groups excluding tert-OH is 1. The van der Waals surface area contributed by atoms with Crippen LogP contribution in [-0.2, 0) is 4.74 Å². The van der Waals surface area contributed by atoms with Crippen LogP contribution in [0.5, 0.6) is 5.75 Å². The molecule has 0 saturated carbocycles. The van der Waals surface area contributed by atoms with E-state index in [1.807, 2.05) is 38.1 Å². The molecule has 2 atom stereocenters. The Kier molecular flexibility index (Phi) is 5.29. The fourth-order valence-corrected chi connectivity index (χ4v) is 1.69. The molecule has 0 radical (unpaired) electrons. The first kappa shape index (κ1) is 13.0. The summed E-state index contributed by atoms with van der Waals surface area (Å²) in [4.78, 5) is 0. The lowest BCUT2D eigenvalue weighted by atomic mass is 10.0. The van der Waals surface area contributed by atoms with Crippen LogP contribution >= 0.6 is 0 Å². The third-order valence-electron chi connectivity index (χ3n) is 2.57. The van der Waals surface area contributed by atoms with Gasteiger partial charge in [0.1, 0.15) is 11.9 Å². The molecule has 2 unspecified atom stereocenters. The van der Waals surface area contributed by atoms with Crippen molar-refractivity contribution in [1.29, 1.82) is 0 Å². The molecule has 3 heteroatoms. The number of ether oxygens (including phenoxy) is 2. The predicted octanol–water partition coefficient (Wildman–Crippen LogP) is 2.54. The zero-order valence-electron chi connectivity index (χ0n) is 10.1. The van der Waals surface area contributed by atoms with Crippen molar-refractivity contribution in [2.45, 2.75) is 32.5 Å². The standard InChI is InChI=1S/C13H20O3/c1-4-12(15-3)13(14)10-7-6-8-11(9-10)16-5-2/h6-9,12-14H,4-5H2,1-3H3. The van der Waals surface area contributed by atoms with Crippen molar-refractivity contribution in [2.75, 3.05) is 13.7 Å². The van der Waals surface area contributed by atoms with Crippen molar-refractivity contribution >= 4 is 0 Å². The van der Waals surface area contributed by atoms with Crippen LogP contribution in [0.15, 0.2) is 24.3 Å². The minimum Gasteiger partial charge on any atom is -0.494 e. The normalized spacial score (nSPS) is 14.5. The zero-order chi connectivity index (χ0) is 12.0. The number of aliphatic hydroxyl groups is 1. The van der Waals surface area contributed by atoms with E-state index in [9.17, 15) is 5.11 Å². The van der Waals surface area contributed by atoms with Gasteiger partial charge in [0.2, 0.25) is 0 Å². The summed E-state index contributed by atoms with van der Waals surface area (Å²) in [5.41, 5.74) is 0.833. The molecule has 0 heterocycles. The topological polar surface area (TPSA) is 38.7 Å². The summed E-state index contributed by atoms with van der Waals surface area (Å²) >= 11 is 0. The number of rotatable bonds is 6. The first-order valence-electron chi connectivity index (χ1n) is 5.66. The maximum absolute atomic E-state index is 10.1. The molecule has 0 aliphatic rings. The Morgan fingerprint density at radius 3 is 2.62 bits per heavy atom. The van der Waals surface area contributed by atoms with E-state index in [0.717, 1.165) is 17.7 Å². The van der Waals surface area contributed by atoms with Gasteiger partial charge < -0.3 is 14.6 Å². The average molecular weight is 224 g/mol. The van der Waals surface area contributed by atoms with E-state index >= 15 is 0 Å². The summed E-state index contributed by atoms with van der Waals surface area (Å²) in [7, 11) is 1.61. The molecule has 0 fully saturated rings. The monoisotopic (exact) mass is 224 g/mol. The van der Waals surface area contributed by atoms with Crippen LogP contribution in [0, 0.1) is 0 Å². The molecule has 1 aromatic carbocycles. The van der Waals surface area contributed by atoms with E-state index in [1.165, 1.54) is 0 Å². The molecular formula is C13H20O3. The molecule has 0 saturated heterocycles. The van der Waals surface area contributed by atoms with Gasteiger partial charge in [-0.25, -0.2) is 0 Å². The van der Waals surface area contributed by atoms with E-state index in [-0.39, 0.29) is 6.10 Å². The van der Waals surface area contributed by atoms with E-state index in [1.54, 1.807) is 7.11 Å². The van der Waals surface area contributed by atoms with E-state index in [4.69, 9.17) is 9.47 Å². The number of hydrogen-bond acceptors (Lipinski definition) is 3. The van der Waals surface area contributed by atoms with E-state index in [0.29, 0.717) is 6.61 Å². The predicted molar refractivity (Wildman–Crippen MR) is 63.7 cm³/mol. The van der Waals surface area contributed by atoms with Gasteiger partial charge in [-0.3, -0.25) is 0 Å². The zero-order valence-corrected chi connectivity index (χ0v) is 10.1. The summed E-state index contributed by atoms with van der Waals surface area (Å²) in [5.74, 6) is 0.782. The molecule has 1 N–H and O–H groups in total. The number of hydrogen-bond donors (Lipinski definition) is 1. The average Bonchev–Trinajstić information content (AvgIpc) is 2.31. The fourth-order valence-electron chi connectivity index (χ4n) is 1.69. The van der Waals surface area contributed by atoms with Crippen molar-refractivity contribution < 1.29 is 14.6 Å². The van der Waals surface area contributed by atoms with Gasteiger partial charge in [-0.05, 0) is 31.0 Å². The molecule has 1 rings (SSSR count). The maximum atomic E-state index is 10.1. The summed E-state index contributed by atoms with van der Waals surface area (Å²) in [5, 5.41) is 10.1. The van der Waals surface area contributed by atoms with Crippen molar-refractivity contribution in [3.63, 3.8) is 0 Å². The SMILES string of the molecule is CCOc1cccc(C(O)C(CC)OC)c1. The molecule has 90 valence electrons. The van der Waals surface area contributed by atoms with Gasteiger partial charge in [-0.1, -0.05) is 19.1 Å². The Bertz CT molecular complexity index is 308. The summed E-state index contributed by atoms with van der Waals surface area (Å²) in [6, 6.07) is 7.50. The molecular weight excluding hydrogens is 204 g/mol. The largest absolute Gasteiger partial charge is 0.494 e. The van der Waals surface area contributed by atoms with Crippen LogP contribution in [0.3, 0.4) is 0 Å². The highest BCUT2D eigenvalue weighted by Gasteiger charge is 2.18. The first-order chi connectivity index (χ1) is 7.72. The number of benzene rings is 1. The maximum Gasteiger partial charge on any atom is 0.119 e. The van der Waals surface area contributed by atoms with Gasteiger partial charge in [0.15, 0.2) is 0 Å². The molecule has 0 bridgehead atoms. The second-order valence-electron chi connectivity index (χ2n) is 3.63. The Hall–Kier alpha value is -1.06. The van der Waals surface area contributed by atoms with Crippen molar-refractivity contribution in [1.82, 2.24) is 0 Å². The van der Waals surface area contributed by atoms with Crippen molar-refractivity contribution in [3.8, 4) is 5.75 Å². The molecule has 0 aromatic heterocycles. The van der Waals surface area contributed by atoms with Gasteiger partial charge in [-0.2, -0.15) is 0 Å². The summed E-state index contributed by atoms with van der Waals surface area (Å²) < 4.78 is 10.6. The molecule has 1 aromatic rings. The lowest BCUT2D eigenvalue weighted by Crippen LogP contribution is -2.19. The Morgan fingerprint density at radius 1 is 1.31 bits per heavy atom. The number of methoxy groups -OCH3 is 1. The smallest absolute Gasteiger partial charge is 0.119 e. The van der Waals surface area contributed by atoms with Crippen LogP contribution in [0.25, 0.3) is 0 Å². The van der Waals surface area contributed by atoms with Crippen LogP contribution in [0.1, 0.15) is 31.9 Å². The van der Waals surface area contributed by atoms with Gasteiger partial charge in [0, 0.05) is 7.11 Å². The van der Waals surface area contributed by atoms with Crippen LogP contribution < -0.4 is 4.74 Å². The van der Waals surface area contributed by atoms with E-state index in [2.05, 4.69) is 0 Å². The molecule has 16 heavy (non-hydrogen) atoms. The fraction of sp³-hybridized carbons (Fsp3) is 0.538. The van der Waals surface area contributed by atoms with Gasteiger partial charge in [0.05, 0.1) is 12.7 Å². The molecule has 0 aliphatic heterocycles. The quantitative estimate of drug-likeness (QED) is 0.807. The van der Waals surface area contributed by atoms with Gasteiger partial charge in [0.25, 0.3) is 0 Å². The highest BCUT2D eigenvalue weighted by Crippen LogP contribution is 2.24.